The molecule has 1 aliphatic carbocycles. The molecule has 2 N–H and O–H groups in total. The highest BCUT2D eigenvalue weighted by Gasteiger charge is 2.36. The fraction of sp³-hybridized carbons (Fsp3) is 0.923. The third-order valence-electron chi connectivity index (χ3n) is 4.17. The molecule has 2 aliphatic heterocycles. The Balaban J connectivity index is 1.62. The van der Waals surface area contributed by atoms with Crippen LogP contribution in [-0.4, -0.2) is 61.8 Å². The Morgan fingerprint density at radius 3 is 2.72 bits per heavy atom. The van der Waals surface area contributed by atoms with E-state index in [9.17, 15) is 4.79 Å². The number of hydrogen-bond acceptors (Lipinski definition) is 4. The number of carbonyl (C=O) groups is 1. The van der Waals surface area contributed by atoms with Crippen molar-refractivity contribution in [2.45, 2.75) is 43.8 Å². The van der Waals surface area contributed by atoms with Crippen molar-refractivity contribution in [2.24, 2.45) is 0 Å². The molecule has 3 aliphatic rings. The lowest BCUT2D eigenvalue weighted by Crippen LogP contribution is -2.59. The number of ether oxygens (including phenoxy) is 1. The SMILES string of the molecule is O=C(NC1CC1)C1COCCN1C1CCNCC1. The predicted molar refractivity (Wildman–Crippen MR) is 68.4 cm³/mol. The van der Waals surface area contributed by atoms with Crippen molar-refractivity contribution < 1.29 is 9.53 Å². The molecule has 0 radical (unpaired) electrons. The van der Waals surface area contributed by atoms with Gasteiger partial charge in [-0.05, 0) is 38.8 Å². The molecule has 1 saturated carbocycles. The molecule has 102 valence electrons. The van der Waals surface area contributed by atoms with E-state index in [0.717, 1.165) is 51.9 Å². The lowest BCUT2D eigenvalue weighted by Gasteiger charge is -2.41. The zero-order chi connectivity index (χ0) is 12.4. The van der Waals surface area contributed by atoms with Crippen molar-refractivity contribution >= 4 is 5.91 Å². The first-order valence-electron chi connectivity index (χ1n) is 7.19. The minimum absolute atomic E-state index is 0.0672. The van der Waals surface area contributed by atoms with Crippen LogP contribution in [0.15, 0.2) is 0 Å². The highest BCUT2D eigenvalue weighted by Crippen LogP contribution is 2.22. The number of carbonyl (C=O) groups excluding carboxylic acids is 1. The second-order valence-electron chi connectivity index (χ2n) is 5.59. The molecule has 0 bridgehead atoms. The normalized spacial score (nSPS) is 31.2. The summed E-state index contributed by atoms with van der Waals surface area (Å²) in [5.41, 5.74) is 0. The largest absolute Gasteiger partial charge is 0.378 e. The Hall–Kier alpha value is -0.650. The summed E-state index contributed by atoms with van der Waals surface area (Å²) >= 11 is 0. The summed E-state index contributed by atoms with van der Waals surface area (Å²) in [4.78, 5) is 14.6. The minimum Gasteiger partial charge on any atom is -0.378 e. The minimum atomic E-state index is -0.0672. The van der Waals surface area contributed by atoms with Crippen LogP contribution in [0.5, 0.6) is 0 Å². The maximum absolute atomic E-state index is 12.3. The maximum Gasteiger partial charge on any atom is 0.239 e. The van der Waals surface area contributed by atoms with Crippen LogP contribution in [0, 0.1) is 0 Å². The zero-order valence-corrected chi connectivity index (χ0v) is 10.9. The number of nitrogens with zero attached hydrogens (tertiary/aromatic N) is 1. The van der Waals surface area contributed by atoms with E-state index in [0.29, 0.717) is 18.7 Å². The molecule has 18 heavy (non-hydrogen) atoms. The van der Waals surface area contributed by atoms with E-state index in [-0.39, 0.29) is 11.9 Å². The monoisotopic (exact) mass is 253 g/mol. The van der Waals surface area contributed by atoms with Crippen molar-refractivity contribution in [1.82, 2.24) is 15.5 Å². The lowest BCUT2D eigenvalue weighted by atomic mass is 10.0. The Morgan fingerprint density at radius 1 is 1.22 bits per heavy atom. The van der Waals surface area contributed by atoms with Crippen molar-refractivity contribution in [3.8, 4) is 0 Å². The molecule has 2 saturated heterocycles. The molecule has 0 aromatic heterocycles. The molecule has 5 heteroatoms. The molecule has 1 atom stereocenters. The van der Waals surface area contributed by atoms with Gasteiger partial charge in [-0.25, -0.2) is 0 Å². The van der Waals surface area contributed by atoms with Gasteiger partial charge in [-0.3, -0.25) is 9.69 Å². The van der Waals surface area contributed by atoms with Gasteiger partial charge in [0.2, 0.25) is 5.91 Å². The van der Waals surface area contributed by atoms with Crippen molar-refractivity contribution in [3.63, 3.8) is 0 Å². The Bertz CT molecular complexity index is 301. The Labute approximate surface area is 108 Å². The van der Waals surface area contributed by atoms with Crippen LogP contribution < -0.4 is 10.6 Å². The van der Waals surface area contributed by atoms with Gasteiger partial charge in [0.15, 0.2) is 0 Å². The fourth-order valence-electron chi connectivity index (χ4n) is 2.94. The van der Waals surface area contributed by atoms with Crippen LogP contribution in [-0.2, 0) is 9.53 Å². The van der Waals surface area contributed by atoms with Crippen LogP contribution in [0.1, 0.15) is 25.7 Å². The summed E-state index contributed by atoms with van der Waals surface area (Å²) < 4.78 is 5.51. The molecule has 3 fully saturated rings. The number of hydrogen-bond donors (Lipinski definition) is 2. The standard InChI is InChI=1S/C13H23N3O2/c17-13(15-10-1-2-10)12-9-18-8-7-16(12)11-3-5-14-6-4-11/h10-12,14H,1-9H2,(H,15,17). The molecule has 0 aromatic carbocycles. The number of morpholine rings is 1. The molecule has 5 nitrogen and oxygen atoms in total. The van der Waals surface area contributed by atoms with Crippen molar-refractivity contribution in [3.05, 3.63) is 0 Å². The quantitative estimate of drug-likeness (QED) is 0.726. The van der Waals surface area contributed by atoms with Crippen LogP contribution in [0.3, 0.4) is 0 Å². The third-order valence-corrected chi connectivity index (χ3v) is 4.17. The first-order valence-corrected chi connectivity index (χ1v) is 7.19. The van der Waals surface area contributed by atoms with E-state index in [4.69, 9.17) is 4.74 Å². The predicted octanol–water partition coefficient (Wildman–Crippen LogP) is -0.282. The van der Waals surface area contributed by atoms with E-state index >= 15 is 0 Å². The summed E-state index contributed by atoms with van der Waals surface area (Å²) in [5, 5.41) is 6.50. The first kappa shape index (κ1) is 12.4. The number of piperidine rings is 1. The third kappa shape index (κ3) is 2.84. The number of nitrogens with one attached hydrogen (secondary N) is 2. The van der Waals surface area contributed by atoms with Gasteiger partial charge >= 0.3 is 0 Å². The summed E-state index contributed by atoms with van der Waals surface area (Å²) in [6.45, 7) is 4.35. The van der Waals surface area contributed by atoms with E-state index in [1.165, 1.54) is 0 Å². The van der Waals surface area contributed by atoms with Crippen molar-refractivity contribution in [1.29, 1.82) is 0 Å². The van der Waals surface area contributed by atoms with Gasteiger partial charge in [-0.15, -0.1) is 0 Å². The molecule has 2 heterocycles. The number of rotatable bonds is 3. The molecule has 3 rings (SSSR count). The van der Waals surface area contributed by atoms with Crippen LogP contribution in [0.4, 0.5) is 0 Å². The summed E-state index contributed by atoms with van der Waals surface area (Å²) in [6, 6.07) is 0.918. The van der Waals surface area contributed by atoms with Gasteiger partial charge in [-0.2, -0.15) is 0 Å². The molecule has 1 unspecified atom stereocenters. The highest BCUT2D eigenvalue weighted by atomic mass is 16.5. The summed E-state index contributed by atoms with van der Waals surface area (Å²) in [5.74, 6) is 0.177. The molecular weight excluding hydrogens is 230 g/mol. The second kappa shape index (κ2) is 5.55. The average Bonchev–Trinajstić information content (AvgIpc) is 3.24. The van der Waals surface area contributed by atoms with Gasteiger partial charge in [0.05, 0.1) is 13.2 Å². The highest BCUT2D eigenvalue weighted by molar-refractivity contribution is 5.82. The van der Waals surface area contributed by atoms with Crippen LogP contribution >= 0.6 is 0 Å². The van der Waals surface area contributed by atoms with Gasteiger partial charge in [-0.1, -0.05) is 0 Å². The van der Waals surface area contributed by atoms with Gasteiger partial charge in [0, 0.05) is 18.6 Å². The number of amides is 1. The van der Waals surface area contributed by atoms with Crippen molar-refractivity contribution in [2.75, 3.05) is 32.8 Å². The van der Waals surface area contributed by atoms with Crippen LogP contribution in [0.2, 0.25) is 0 Å². The first-order chi connectivity index (χ1) is 8.84. The molecule has 1 amide bonds. The van der Waals surface area contributed by atoms with E-state index in [1.807, 2.05) is 0 Å². The molecular formula is C13H23N3O2. The van der Waals surface area contributed by atoms with Gasteiger partial charge in [0.1, 0.15) is 6.04 Å². The maximum atomic E-state index is 12.3. The summed E-state index contributed by atoms with van der Waals surface area (Å²) in [7, 11) is 0. The fourth-order valence-corrected chi connectivity index (χ4v) is 2.94. The van der Waals surface area contributed by atoms with E-state index in [1.54, 1.807) is 0 Å². The average molecular weight is 253 g/mol. The van der Waals surface area contributed by atoms with Gasteiger partial charge in [0.25, 0.3) is 0 Å². The van der Waals surface area contributed by atoms with Gasteiger partial charge < -0.3 is 15.4 Å². The van der Waals surface area contributed by atoms with E-state index < -0.39 is 0 Å². The Kier molecular flexibility index (Phi) is 3.82. The zero-order valence-electron chi connectivity index (χ0n) is 10.9. The lowest BCUT2D eigenvalue weighted by molar-refractivity contribution is -0.135. The second-order valence-corrected chi connectivity index (χ2v) is 5.59. The van der Waals surface area contributed by atoms with E-state index in [2.05, 4.69) is 15.5 Å². The van der Waals surface area contributed by atoms with Crippen LogP contribution in [0.25, 0.3) is 0 Å². The Morgan fingerprint density at radius 2 is 2.00 bits per heavy atom. The smallest absolute Gasteiger partial charge is 0.239 e. The topological polar surface area (TPSA) is 53.6 Å². The molecule has 0 aromatic rings. The molecule has 0 spiro atoms. The summed E-state index contributed by atoms with van der Waals surface area (Å²) in [6.07, 6.45) is 4.58.